The third kappa shape index (κ3) is 2.98. The molecule has 0 saturated heterocycles. The van der Waals surface area contributed by atoms with Crippen LogP contribution in [0.2, 0.25) is 0 Å². The quantitative estimate of drug-likeness (QED) is 0.516. The van der Waals surface area contributed by atoms with Gasteiger partial charge in [-0.3, -0.25) is 4.79 Å². The molecule has 0 aliphatic carbocycles. The highest BCUT2D eigenvalue weighted by molar-refractivity contribution is 9.10. The summed E-state index contributed by atoms with van der Waals surface area (Å²) >= 11 is 5.09. The zero-order chi connectivity index (χ0) is 16.6. The average molecular weight is 396 g/mol. The van der Waals surface area contributed by atoms with Gasteiger partial charge < -0.3 is 19.5 Å². The van der Waals surface area contributed by atoms with E-state index in [-0.39, 0.29) is 0 Å². The maximum absolute atomic E-state index is 11.3. The highest BCUT2D eigenvalue weighted by Crippen LogP contribution is 2.53. The number of ether oxygens (including phenoxy) is 3. The zero-order valence-corrected chi connectivity index (χ0v) is 15.1. The summed E-state index contributed by atoms with van der Waals surface area (Å²) in [5, 5.41) is 3.36. The van der Waals surface area contributed by atoms with Crippen LogP contribution in [0.5, 0.6) is 17.2 Å². The largest absolute Gasteiger partial charge is 0.497 e. The number of halogens is 1. The summed E-state index contributed by atoms with van der Waals surface area (Å²) in [5.41, 5.74) is 1.87. The van der Waals surface area contributed by atoms with Crippen molar-refractivity contribution in [3.8, 4) is 17.2 Å². The lowest BCUT2D eigenvalue weighted by molar-refractivity contribution is -0.132. The van der Waals surface area contributed by atoms with Crippen LogP contribution in [0.4, 0.5) is 11.4 Å². The number of methoxy groups -OCH3 is 2. The first-order valence-electron chi connectivity index (χ1n) is 6.75. The molecule has 0 aromatic heterocycles. The van der Waals surface area contributed by atoms with E-state index in [1.807, 2.05) is 24.3 Å². The van der Waals surface area contributed by atoms with Crippen LogP contribution < -0.4 is 19.5 Å². The Morgan fingerprint density at radius 1 is 1.17 bits per heavy atom. The number of anilines is 2. The summed E-state index contributed by atoms with van der Waals surface area (Å²) in [4.78, 5) is 13.3. The molecule has 1 aliphatic rings. The number of benzene rings is 2. The Hall–Kier alpha value is -1.86. The Balaban J connectivity index is 2.09. The molecule has 1 N–H and O–H groups in total. The van der Waals surface area contributed by atoms with Crippen molar-refractivity contribution in [3.05, 3.63) is 28.7 Å². The van der Waals surface area contributed by atoms with Crippen LogP contribution in [-0.4, -0.2) is 20.2 Å². The third-order valence-corrected chi connectivity index (χ3v) is 5.48. The summed E-state index contributed by atoms with van der Waals surface area (Å²) in [6.45, 7) is 1.36. The van der Waals surface area contributed by atoms with E-state index in [2.05, 4.69) is 21.2 Å². The van der Waals surface area contributed by atoms with E-state index in [9.17, 15) is 4.79 Å². The van der Waals surface area contributed by atoms with Crippen molar-refractivity contribution in [1.29, 1.82) is 0 Å². The summed E-state index contributed by atoms with van der Waals surface area (Å²) in [5.74, 6) is 1.24. The molecule has 23 heavy (non-hydrogen) atoms. The first-order chi connectivity index (χ1) is 11.0. The molecular formula is C16H14BrNO4S. The maximum Gasteiger partial charge on any atom is 0.308 e. The Kier molecular flexibility index (Phi) is 4.41. The molecule has 1 aliphatic heterocycles. The smallest absolute Gasteiger partial charge is 0.308 e. The molecule has 0 amide bonds. The lowest BCUT2D eigenvalue weighted by atomic mass is 10.2. The van der Waals surface area contributed by atoms with Gasteiger partial charge in [0.15, 0.2) is 11.5 Å². The molecule has 0 bridgehead atoms. The number of carbonyl (C=O) groups excluding carboxylic acids is 1. The highest BCUT2D eigenvalue weighted by Gasteiger charge is 2.25. The first kappa shape index (κ1) is 16.0. The fraction of sp³-hybridized carbons (Fsp3) is 0.188. The molecule has 0 radical (unpaired) electrons. The van der Waals surface area contributed by atoms with Crippen LogP contribution in [0.15, 0.2) is 38.5 Å². The number of esters is 1. The van der Waals surface area contributed by atoms with Gasteiger partial charge in [-0.1, -0.05) is 11.8 Å². The van der Waals surface area contributed by atoms with Crippen LogP contribution in [-0.2, 0) is 4.79 Å². The van der Waals surface area contributed by atoms with Crippen molar-refractivity contribution in [3.63, 3.8) is 0 Å². The van der Waals surface area contributed by atoms with Gasteiger partial charge in [0.05, 0.1) is 35.0 Å². The van der Waals surface area contributed by atoms with Gasteiger partial charge >= 0.3 is 5.97 Å². The summed E-state index contributed by atoms with van der Waals surface area (Å²) in [7, 11) is 3.17. The van der Waals surface area contributed by atoms with Crippen LogP contribution in [0, 0.1) is 0 Å². The SMILES string of the molecule is COc1ccc2c(c1)Sc1c(cc(OC)c(OC(C)=O)c1Br)N2. The second-order valence-electron chi connectivity index (χ2n) is 4.78. The summed E-state index contributed by atoms with van der Waals surface area (Å²) in [6.07, 6.45) is 0. The Labute approximate surface area is 146 Å². The predicted molar refractivity (Wildman–Crippen MR) is 92.4 cm³/mol. The number of carbonyl (C=O) groups is 1. The highest BCUT2D eigenvalue weighted by atomic mass is 79.9. The number of hydrogen-bond donors (Lipinski definition) is 1. The molecule has 0 saturated carbocycles. The predicted octanol–water partition coefficient (Wildman–Crippen LogP) is 4.60. The molecule has 2 aromatic rings. The van der Waals surface area contributed by atoms with Crippen molar-refractivity contribution in [2.75, 3.05) is 19.5 Å². The molecule has 0 unspecified atom stereocenters. The van der Waals surface area contributed by atoms with E-state index in [4.69, 9.17) is 14.2 Å². The van der Waals surface area contributed by atoms with Crippen LogP contribution >= 0.6 is 27.7 Å². The summed E-state index contributed by atoms with van der Waals surface area (Å²) in [6, 6.07) is 7.64. The molecule has 7 heteroatoms. The van der Waals surface area contributed by atoms with Crippen LogP contribution in [0.25, 0.3) is 0 Å². The van der Waals surface area contributed by atoms with Crippen molar-refractivity contribution in [2.45, 2.75) is 16.7 Å². The van der Waals surface area contributed by atoms with Gasteiger partial charge in [0.25, 0.3) is 0 Å². The lowest BCUT2D eigenvalue weighted by Crippen LogP contribution is -2.07. The standard InChI is InChI=1S/C16H14BrNO4S/c1-8(19)22-15-12(21-3)7-11-16(14(15)17)23-13-6-9(20-2)4-5-10(13)18-11/h4-7,18H,1-3H3. The lowest BCUT2D eigenvalue weighted by Gasteiger charge is -2.24. The zero-order valence-electron chi connectivity index (χ0n) is 12.7. The Bertz CT molecular complexity index is 794. The van der Waals surface area contributed by atoms with E-state index in [1.54, 1.807) is 18.9 Å². The van der Waals surface area contributed by atoms with Crippen molar-refractivity contribution >= 4 is 45.0 Å². The van der Waals surface area contributed by atoms with Crippen molar-refractivity contribution < 1.29 is 19.0 Å². The maximum atomic E-state index is 11.3. The minimum atomic E-state index is -0.403. The van der Waals surface area contributed by atoms with Crippen LogP contribution in [0.1, 0.15) is 6.92 Å². The molecule has 5 nitrogen and oxygen atoms in total. The Morgan fingerprint density at radius 3 is 2.61 bits per heavy atom. The van der Waals surface area contributed by atoms with E-state index in [1.165, 1.54) is 14.0 Å². The molecule has 0 fully saturated rings. The molecule has 120 valence electrons. The minimum absolute atomic E-state index is 0.374. The van der Waals surface area contributed by atoms with Crippen LogP contribution in [0.3, 0.4) is 0 Å². The van der Waals surface area contributed by atoms with Gasteiger partial charge in [-0.2, -0.15) is 0 Å². The monoisotopic (exact) mass is 395 g/mol. The van der Waals surface area contributed by atoms with E-state index >= 15 is 0 Å². The van der Waals surface area contributed by atoms with Gasteiger partial charge in [0.1, 0.15) is 5.75 Å². The van der Waals surface area contributed by atoms with Gasteiger partial charge in [-0.15, -0.1) is 0 Å². The topological polar surface area (TPSA) is 56.8 Å². The molecular weight excluding hydrogens is 382 g/mol. The Morgan fingerprint density at radius 2 is 1.96 bits per heavy atom. The molecule has 0 spiro atoms. The second kappa shape index (κ2) is 6.33. The van der Waals surface area contributed by atoms with Gasteiger partial charge in [0, 0.05) is 17.9 Å². The first-order valence-corrected chi connectivity index (χ1v) is 8.36. The minimum Gasteiger partial charge on any atom is -0.497 e. The molecule has 2 aromatic carbocycles. The average Bonchev–Trinajstić information content (AvgIpc) is 2.55. The second-order valence-corrected chi connectivity index (χ2v) is 6.63. The van der Waals surface area contributed by atoms with E-state index < -0.39 is 5.97 Å². The fourth-order valence-electron chi connectivity index (χ4n) is 2.25. The number of rotatable bonds is 3. The summed E-state index contributed by atoms with van der Waals surface area (Å²) < 4.78 is 16.6. The van der Waals surface area contributed by atoms with E-state index in [0.29, 0.717) is 16.0 Å². The van der Waals surface area contributed by atoms with Gasteiger partial charge in [0.2, 0.25) is 0 Å². The molecule has 3 rings (SSSR count). The van der Waals surface area contributed by atoms with E-state index in [0.717, 1.165) is 26.9 Å². The normalized spacial score (nSPS) is 11.8. The molecule has 0 atom stereocenters. The van der Waals surface area contributed by atoms with Crippen molar-refractivity contribution in [2.24, 2.45) is 0 Å². The third-order valence-electron chi connectivity index (χ3n) is 3.28. The number of fused-ring (bicyclic) bond motifs is 2. The van der Waals surface area contributed by atoms with Crippen molar-refractivity contribution in [1.82, 2.24) is 0 Å². The fourth-order valence-corrected chi connectivity index (χ4v) is 4.01. The molecule has 1 heterocycles. The van der Waals surface area contributed by atoms with Gasteiger partial charge in [-0.25, -0.2) is 0 Å². The number of nitrogens with one attached hydrogen (secondary N) is 1. The van der Waals surface area contributed by atoms with Gasteiger partial charge in [-0.05, 0) is 34.1 Å². The number of hydrogen-bond acceptors (Lipinski definition) is 6.